The Hall–Kier alpha value is -1.55. The van der Waals surface area contributed by atoms with E-state index in [-0.39, 0.29) is 18.1 Å². The van der Waals surface area contributed by atoms with Gasteiger partial charge in [-0.05, 0) is 12.5 Å². The predicted octanol–water partition coefficient (Wildman–Crippen LogP) is 1.37. The number of likely N-dealkylation sites (tertiary alicyclic amines) is 1. The Labute approximate surface area is 100 Å². The first-order valence-corrected chi connectivity index (χ1v) is 5.86. The van der Waals surface area contributed by atoms with Crippen molar-refractivity contribution in [2.45, 2.75) is 18.5 Å². The lowest BCUT2D eigenvalue weighted by atomic mass is 9.96. The fraction of sp³-hybridized carbons (Fsp3) is 0.462. The van der Waals surface area contributed by atoms with Gasteiger partial charge in [0.05, 0.1) is 13.2 Å². The second-order valence-corrected chi connectivity index (χ2v) is 4.43. The van der Waals surface area contributed by atoms with Gasteiger partial charge in [-0.15, -0.1) is 0 Å². The van der Waals surface area contributed by atoms with E-state index in [0.29, 0.717) is 6.61 Å². The number of ether oxygens (including phenoxy) is 2. The third-order valence-electron chi connectivity index (χ3n) is 3.61. The molecule has 1 saturated heterocycles. The van der Waals surface area contributed by atoms with Gasteiger partial charge in [-0.1, -0.05) is 18.2 Å². The summed E-state index contributed by atoms with van der Waals surface area (Å²) in [5.41, 5.74) is 1.18. The highest BCUT2D eigenvalue weighted by Crippen LogP contribution is 2.40. The molecule has 0 aliphatic carbocycles. The predicted molar refractivity (Wildman–Crippen MR) is 61.8 cm³/mol. The molecule has 17 heavy (non-hydrogen) atoms. The molecule has 0 amide bonds. The second kappa shape index (κ2) is 4.04. The molecule has 0 N–H and O–H groups in total. The van der Waals surface area contributed by atoms with E-state index < -0.39 is 0 Å². The van der Waals surface area contributed by atoms with Gasteiger partial charge >= 0.3 is 5.97 Å². The maximum Gasteiger partial charge on any atom is 0.323 e. The standard InChI is InChI=1S/C13H15NO3/c1-16-13(15)10-6-7-14(10)11-8-17-12-5-3-2-4-9(11)12/h2-5,10-11H,6-8H2,1H3. The maximum absolute atomic E-state index is 11.6. The van der Waals surface area contributed by atoms with Crippen molar-refractivity contribution in [1.29, 1.82) is 0 Å². The van der Waals surface area contributed by atoms with Gasteiger partial charge in [-0.25, -0.2) is 0 Å². The van der Waals surface area contributed by atoms with Crippen LogP contribution < -0.4 is 4.74 Å². The van der Waals surface area contributed by atoms with E-state index in [2.05, 4.69) is 11.0 Å². The van der Waals surface area contributed by atoms with Crippen molar-refractivity contribution >= 4 is 5.97 Å². The van der Waals surface area contributed by atoms with Gasteiger partial charge < -0.3 is 9.47 Å². The Morgan fingerprint density at radius 3 is 3.00 bits per heavy atom. The Morgan fingerprint density at radius 1 is 1.47 bits per heavy atom. The van der Waals surface area contributed by atoms with Gasteiger partial charge in [0.15, 0.2) is 0 Å². The highest BCUT2D eigenvalue weighted by Gasteiger charge is 2.42. The quantitative estimate of drug-likeness (QED) is 0.723. The summed E-state index contributed by atoms with van der Waals surface area (Å²) in [6.45, 7) is 1.56. The van der Waals surface area contributed by atoms with E-state index in [1.165, 1.54) is 12.7 Å². The summed E-state index contributed by atoms with van der Waals surface area (Å²) in [5.74, 6) is 0.800. The van der Waals surface area contributed by atoms with Crippen LogP contribution in [0.15, 0.2) is 24.3 Å². The minimum atomic E-state index is -0.138. The molecule has 2 atom stereocenters. The molecule has 0 aromatic heterocycles. The van der Waals surface area contributed by atoms with Crippen molar-refractivity contribution in [3.8, 4) is 5.75 Å². The molecule has 4 heteroatoms. The number of carbonyl (C=O) groups is 1. The number of hydrogen-bond donors (Lipinski definition) is 0. The molecule has 1 aromatic rings. The molecule has 2 unspecified atom stereocenters. The topological polar surface area (TPSA) is 38.8 Å². The number of nitrogens with zero attached hydrogens (tertiary/aromatic N) is 1. The number of carbonyl (C=O) groups excluding carboxylic acids is 1. The number of fused-ring (bicyclic) bond motifs is 1. The van der Waals surface area contributed by atoms with Crippen molar-refractivity contribution in [3.63, 3.8) is 0 Å². The number of esters is 1. The molecule has 0 saturated carbocycles. The molecule has 2 heterocycles. The molecule has 3 rings (SSSR count). The van der Waals surface area contributed by atoms with Crippen molar-refractivity contribution in [1.82, 2.24) is 4.90 Å². The molecule has 0 spiro atoms. The zero-order valence-electron chi connectivity index (χ0n) is 9.76. The van der Waals surface area contributed by atoms with E-state index in [4.69, 9.17) is 9.47 Å². The van der Waals surface area contributed by atoms with Gasteiger partial charge in [0.2, 0.25) is 0 Å². The Morgan fingerprint density at radius 2 is 2.29 bits per heavy atom. The summed E-state index contributed by atoms with van der Waals surface area (Å²) in [4.78, 5) is 13.7. The third kappa shape index (κ3) is 1.60. The van der Waals surface area contributed by atoms with Crippen molar-refractivity contribution in [3.05, 3.63) is 29.8 Å². The van der Waals surface area contributed by atoms with Gasteiger partial charge in [-0.3, -0.25) is 9.69 Å². The smallest absolute Gasteiger partial charge is 0.323 e. The van der Waals surface area contributed by atoms with Crippen LogP contribution in [0, 0.1) is 0 Å². The molecular weight excluding hydrogens is 218 g/mol. The van der Waals surface area contributed by atoms with Crippen LogP contribution in [0.2, 0.25) is 0 Å². The van der Waals surface area contributed by atoms with Crippen LogP contribution in [0.5, 0.6) is 5.75 Å². The molecule has 2 aliphatic heterocycles. The average Bonchev–Trinajstić information content (AvgIpc) is 2.72. The molecular formula is C13H15NO3. The van der Waals surface area contributed by atoms with Crippen LogP contribution in [-0.2, 0) is 9.53 Å². The van der Waals surface area contributed by atoms with Crippen LogP contribution in [0.3, 0.4) is 0 Å². The van der Waals surface area contributed by atoms with Gasteiger partial charge in [0, 0.05) is 12.1 Å². The Kier molecular flexibility index (Phi) is 2.52. The highest BCUT2D eigenvalue weighted by atomic mass is 16.5. The Balaban J connectivity index is 1.81. The summed E-state index contributed by atoms with van der Waals surface area (Å²) in [5, 5.41) is 0. The van der Waals surface area contributed by atoms with Crippen molar-refractivity contribution < 1.29 is 14.3 Å². The molecule has 2 aliphatic rings. The van der Waals surface area contributed by atoms with Crippen LogP contribution >= 0.6 is 0 Å². The Bertz CT molecular complexity index is 446. The number of para-hydroxylation sites is 1. The van der Waals surface area contributed by atoms with Crippen molar-refractivity contribution in [2.24, 2.45) is 0 Å². The number of rotatable bonds is 2. The summed E-state index contributed by atoms with van der Waals surface area (Å²) in [6, 6.07) is 8.12. The van der Waals surface area contributed by atoms with Crippen LogP contribution in [0.1, 0.15) is 18.0 Å². The highest BCUT2D eigenvalue weighted by molar-refractivity contribution is 5.76. The van der Waals surface area contributed by atoms with Crippen LogP contribution in [0.4, 0.5) is 0 Å². The zero-order chi connectivity index (χ0) is 11.8. The first-order chi connectivity index (χ1) is 8.31. The van der Waals surface area contributed by atoms with E-state index in [9.17, 15) is 4.79 Å². The van der Waals surface area contributed by atoms with Gasteiger partial charge in [0.25, 0.3) is 0 Å². The second-order valence-electron chi connectivity index (χ2n) is 4.43. The summed E-state index contributed by atoms with van der Waals surface area (Å²) < 4.78 is 10.4. The molecule has 4 nitrogen and oxygen atoms in total. The fourth-order valence-electron chi connectivity index (χ4n) is 2.59. The minimum Gasteiger partial charge on any atom is -0.491 e. The fourth-order valence-corrected chi connectivity index (χ4v) is 2.59. The zero-order valence-corrected chi connectivity index (χ0v) is 9.76. The first-order valence-electron chi connectivity index (χ1n) is 5.86. The van der Waals surface area contributed by atoms with Crippen LogP contribution in [-0.4, -0.2) is 37.2 Å². The van der Waals surface area contributed by atoms with E-state index in [0.717, 1.165) is 18.7 Å². The average molecular weight is 233 g/mol. The normalized spacial score (nSPS) is 26.9. The van der Waals surface area contributed by atoms with Gasteiger partial charge in [0.1, 0.15) is 18.4 Å². The molecule has 90 valence electrons. The van der Waals surface area contributed by atoms with Gasteiger partial charge in [-0.2, -0.15) is 0 Å². The molecule has 1 fully saturated rings. The lowest BCUT2D eigenvalue weighted by molar-refractivity contribution is -0.154. The maximum atomic E-state index is 11.6. The largest absolute Gasteiger partial charge is 0.491 e. The third-order valence-corrected chi connectivity index (χ3v) is 3.61. The van der Waals surface area contributed by atoms with E-state index in [1.54, 1.807) is 0 Å². The molecule has 0 radical (unpaired) electrons. The molecule has 0 bridgehead atoms. The number of methoxy groups -OCH3 is 1. The van der Waals surface area contributed by atoms with Crippen LogP contribution in [0.25, 0.3) is 0 Å². The van der Waals surface area contributed by atoms with E-state index >= 15 is 0 Å². The SMILES string of the molecule is COC(=O)C1CCN1C1COc2ccccc21. The molecule has 1 aromatic carbocycles. The van der Waals surface area contributed by atoms with Crippen molar-refractivity contribution in [2.75, 3.05) is 20.3 Å². The first kappa shape index (κ1) is 10.6. The summed E-state index contributed by atoms with van der Waals surface area (Å²) >= 11 is 0. The summed E-state index contributed by atoms with van der Waals surface area (Å²) in [7, 11) is 1.44. The number of hydrogen-bond acceptors (Lipinski definition) is 4. The lowest BCUT2D eigenvalue weighted by Gasteiger charge is -2.42. The minimum absolute atomic E-state index is 0.0974. The number of benzene rings is 1. The summed E-state index contributed by atoms with van der Waals surface area (Å²) in [6.07, 6.45) is 0.880. The monoisotopic (exact) mass is 233 g/mol. The van der Waals surface area contributed by atoms with E-state index in [1.807, 2.05) is 18.2 Å². The lowest BCUT2D eigenvalue weighted by Crippen LogP contribution is -2.54.